The van der Waals surface area contributed by atoms with E-state index in [1.165, 1.54) is 0 Å². The van der Waals surface area contributed by atoms with Crippen LogP contribution >= 0.6 is 0 Å². The number of para-hydroxylation sites is 1. The highest BCUT2D eigenvalue weighted by Crippen LogP contribution is 2.42. The minimum atomic E-state index is 0.116. The van der Waals surface area contributed by atoms with Crippen LogP contribution in [0.2, 0.25) is 0 Å². The molecule has 0 saturated carbocycles. The Morgan fingerprint density at radius 1 is 0.964 bits per heavy atom. The number of benzene rings is 1. The number of carbonyl (C=O) groups excluding carboxylic acids is 1. The van der Waals surface area contributed by atoms with Gasteiger partial charge in [-0.15, -0.1) is 0 Å². The number of carbonyl (C=O) groups is 1. The molecule has 4 heterocycles. The average molecular weight is 372 g/mol. The van der Waals surface area contributed by atoms with Gasteiger partial charge in [-0.25, -0.2) is 15.0 Å². The lowest BCUT2D eigenvalue weighted by atomic mass is 10.0. The zero-order valence-corrected chi connectivity index (χ0v) is 15.6. The van der Waals surface area contributed by atoms with Crippen LogP contribution < -0.4 is 10.2 Å². The number of piperazine rings is 1. The Morgan fingerprint density at radius 3 is 2.57 bits per heavy atom. The molecule has 1 N–H and O–H groups in total. The van der Waals surface area contributed by atoms with E-state index in [9.17, 15) is 4.79 Å². The van der Waals surface area contributed by atoms with E-state index in [4.69, 9.17) is 4.98 Å². The van der Waals surface area contributed by atoms with E-state index in [1.807, 2.05) is 41.4 Å². The van der Waals surface area contributed by atoms with Crippen LogP contribution in [-0.4, -0.2) is 51.9 Å². The van der Waals surface area contributed by atoms with Gasteiger partial charge in [0.05, 0.1) is 5.69 Å². The zero-order valence-electron chi connectivity index (χ0n) is 15.6. The molecule has 2 aliphatic heterocycles. The molecule has 1 saturated heterocycles. The number of aromatic nitrogens is 3. The van der Waals surface area contributed by atoms with E-state index < -0.39 is 0 Å². The maximum absolute atomic E-state index is 11.6. The molecule has 2 aliphatic rings. The fraction of sp³-hybridized carbons (Fsp3) is 0.238. The molecule has 7 heteroatoms. The van der Waals surface area contributed by atoms with Crippen LogP contribution in [0.5, 0.6) is 0 Å². The van der Waals surface area contributed by atoms with Crippen molar-refractivity contribution >= 4 is 23.4 Å². The molecule has 1 aromatic carbocycles. The topological polar surface area (TPSA) is 74.2 Å². The summed E-state index contributed by atoms with van der Waals surface area (Å²) in [7, 11) is 0. The van der Waals surface area contributed by atoms with Crippen molar-refractivity contribution in [2.24, 2.45) is 0 Å². The first-order chi connectivity index (χ1) is 13.7. The number of nitrogens with one attached hydrogen (secondary N) is 1. The van der Waals surface area contributed by atoms with Crippen molar-refractivity contribution in [3.05, 3.63) is 48.8 Å². The molecule has 0 atom stereocenters. The fourth-order valence-electron chi connectivity index (χ4n) is 3.80. The Labute approximate surface area is 163 Å². The van der Waals surface area contributed by atoms with Crippen molar-refractivity contribution in [2.45, 2.75) is 6.92 Å². The number of fused-ring (bicyclic) bond motifs is 5. The van der Waals surface area contributed by atoms with Gasteiger partial charge in [0.2, 0.25) is 11.9 Å². The van der Waals surface area contributed by atoms with Gasteiger partial charge in [-0.1, -0.05) is 18.2 Å². The molecule has 0 spiro atoms. The standard InChI is InChI=1S/C21H20N6O/c1-14(28)26-9-11-27(12-10-26)21-23-13-17-15-5-2-3-7-18(15)24-20-16(19(17)25-21)6-4-8-22-20/h2-8,13H,9-12H2,1H3,(H,22,24). The maximum Gasteiger partial charge on any atom is 0.226 e. The summed E-state index contributed by atoms with van der Waals surface area (Å²) in [4.78, 5) is 29.7. The Hall–Kier alpha value is -3.48. The highest BCUT2D eigenvalue weighted by Gasteiger charge is 2.25. The lowest BCUT2D eigenvalue weighted by molar-refractivity contribution is -0.129. The summed E-state index contributed by atoms with van der Waals surface area (Å²) in [5, 5.41) is 3.43. The van der Waals surface area contributed by atoms with Crippen LogP contribution in [0.25, 0.3) is 22.4 Å². The summed E-state index contributed by atoms with van der Waals surface area (Å²) in [5.74, 6) is 1.60. The molecule has 5 rings (SSSR count). The molecule has 2 aromatic heterocycles. The monoisotopic (exact) mass is 372 g/mol. The summed E-state index contributed by atoms with van der Waals surface area (Å²) >= 11 is 0. The smallest absolute Gasteiger partial charge is 0.226 e. The van der Waals surface area contributed by atoms with Crippen LogP contribution in [0.3, 0.4) is 0 Å². The second kappa shape index (κ2) is 6.60. The summed E-state index contributed by atoms with van der Waals surface area (Å²) in [5.41, 5.74) is 4.87. The van der Waals surface area contributed by atoms with Crippen molar-refractivity contribution in [3.63, 3.8) is 0 Å². The predicted octanol–water partition coefficient (Wildman–Crippen LogP) is 2.93. The van der Waals surface area contributed by atoms with E-state index in [0.717, 1.165) is 47.0 Å². The number of hydrogen-bond donors (Lipinski definition) is 1. The Morgan fingerprint density at radius 2 is 1.75 bits per heavy atom. The number of nitrogens with zero attached hydrogens (tertiary/aromatic N) is 5. The molecule has 1 amide bonds. The maximum atomic E-state index is 11.6. The summed E-state index contributed by atoms with van der Waals surface area (Å²) in [6.45, 7) is 4.46. The molecule has 0 aliphatic carbocycles. The van der Waals surface area contributed by atoms with Gasteiger partial charge in [-0.2, -0.15) is 0 Å². The minimum Gasteiger partial charge on any atom is -0.339 e. The third kappa shape index (κ3) is 2.76. The summed E-state index contributed by atoms with van der Waals surface area (Å²) in [6.07, 6.45) is 3.68. The van der Waals surface area contributed by atoms with E-state index in [1.54, 1.807) is 13.1 Å². The molecule has 0 unspecified atom stereocenters. The molecule has 0 radical (unpaired) electrons. The van der Waals surface area contributed by atoms with Gasteiger partial charge in [-0.3, -0.25) is 4.79 Å². The van der Waals surface area contributed by atoms with Gasteiger partial charge >= 0.3 is 0 Å². The summed E-state index contributed by atoms with van der Waals surface area (Å²) in [6, 6.07) is 12.1. The van der Waals surface area contributed by atoms with Crippen molar-refractivity contribution in [3.8, 4) is 22.4 Å². The van der Waals surface area contributed by atoms with Crippen LogP contribution in [-0.2, 0) is 4.79 Å². The van der Waals surface area contributed by atoms with Crippen molar-refractivity contribution in [1.29, 1.82) is 0 Å². The second-order valence-corrected chi connectivity index (χ2v) is 7.00. The van der Waals surface area contributed by atoms with E-state index >= 15 is 0 Å². The third-order valence-electron chi connectivity index (χ3n) is 5.32. The Balaban J connectivity index is 1.59. The fourth-order valence-corrected chi connectivity index (χ4v) is 3.80. The minimum absolute atomic E-state index is 0.116. The number of pyridine rings is 1. The van der Waals surface area contributed by atoms with Crippen LogP contribution in [0.1, 0.15) is 6.92 Å². The van der Waals surface area contributed by atoms with Gasteiger partial charge in [0.25, 0.3) is 0 Å². The van der Waals surface area contributed by atoms with E-state index in [2.05, 4.69) is 26.3 Å². The molecule has 0 bridgehead atoms. The predicted molar refractivity (Wildman–Crippen MR) is 108 cm³/mol. The molecule has 140 valence electrons. The van der Waals surface area contributed by atoms with Gasteiger partial charge in [0.15, 0.2) is 0 Å². The lowest BCUT2D eigenvalue weighted by Crippen LogP contribution is -2.48. The van der Waals surface area contributed by atoms with Crippen LogP contribution in [0.4, 0.5) is 17.5 Å². The summed E-state index contributed by atoms with van der Waals surface area (Å²) < 4.78 is 0. The first-order valence-corrected chi connectivity index (χ1v) is 9.40. The van der Waals surface area contributed by atoms with Crippen LogP contribution in [0.15, 0.2) is 48.8 Å². The molecular formula is C21H20N6O. The highest BCUT2D eigenvalue weighted by molar-refractivity contribution is 5.95. The van der Waals surface area contributed by atoms with Crippen molar-refractivity contribution in [1.82, 2.24) is 19.9 Å². The molecular weight excluding hydrogens is 352 g/mol. The molecule has 28 heavy (non-hydrogen) atoms. The number of anilines is 3. The second-order valence-electron chi connectivity index (χ2n) is 7.00. The first kappa shape index (κ1) is 16.7. The molecule has 7 nitrogen and oxygen atoms in total. The van der Waals surface area contributed by atoms with Gasteiger partial charge < -0.3 is 15.1 Å². The highest BCUT2D eigenvalue weighted by atomic mass is 16.2. The molecule has 3 aromatic rings. The van der Waals surface area contributed by atoms with Gasteiger partial charge in [0, 0.05) is 67.9 Å². The third-order valence-corrected chi connectivity index (χ3v) is 5.32. The van der Waals surface area contributed by atoms with Crippen molar-refractivity contribution in [2.75, 3.05) is 36.4 Å². The molecule has 1 fully saturated rings. The SMILES string of the molecule is CC(=O)N1CCN(c2ncc3c(n2)-c2cccnc2Nc2ccccc2-3)CC1. The number of amides is 1. The largest absolute Gasteiger partial charge is 0.339 e. The van der Waals surface area contributed by atoms with Gasteiger partial charge in [0.1, 0.15) is 5.82 Å². The normalized spacial score (nSPS) is 15.0. The van der Waals surface area contributed by atoms with E-state index in [0.29, 0.717) is 19.0 Å². The zero-order chi connectivity index (χ0) is 19.1. The number of hydrogen-bond acceptors (Lipinski definition) is 6. The van der Waals surface area contributed by atoms with Crippen LogP contribution in [0, 0.1) is 0 Å². The van der Waals surface area contributed by atoms with E-state index in [-0.39, 0.29) is 5.91 Å². The lowest BCUT2D eigenvalue weighted by Gasteiger charge is -2.34. The average Bonchev–Trinajstić information content (AvgIpc) is 2.88. The van der Waals surface area contributed by atoms with Gasteiger partial charge in [-0.05, 0) is 18.2 Å². The Kier molecular flexibility index (Phi) is 3.93. The number of rotatable bonds is 1. The Bertz CT molecular complexity index is 1060. The quantitative estimate of drug-likeness (QED) is 0.554. The van der Waals surface area contributed by atoms with Crippen molar-refractivity contribution < 1.29 is 4.79 Å². The first-order valence-electron chi connectivity index (χ1n) is 9.40.